The van der Waals surface area contributed by atoms with Gasteiger partial charge in [-0.1, -0.05) is 30.3 Å². The molecule has 2 aromatic rings. The zero-order valence-corrected chi connectivity index (χ0v) is 14.8. The first-order valence-corrected chi connectivity index (χ1v) is 8.53. The molecule has 134 valence electrons. The summed E-state index contributed by atoms with van der Waals surface area (Å²) < 4.78 is 10.5. The molecule has 0 unspecified atom stereocenters. The molecule has 0 spiro atoms. The number of hydrogen-bond acceptors (Lipinski definition) is 5. The molecule has 0 saturated carbocycles. The molecule has 5 nitrogen and oxygen atoms in total. The third-order valence-corrected chi connectivity index (χ3v) is 3.57. The second kappa shape index (κ2) is 10.6. The summed E-state index contributed by atoms with van der Waals surface area (Å²) in [6.45, 7) is 2.57. The third-order valence-electron chi connectivity index (χ3n) is 3.57. The molecular weight excluding hydrogens is 328 g/mol. The van der Waals surface area contributed by atoms with Crippen molar-refractivity contribution in [2.45, 2.75) is 19.8 Å². The first kappa shape index (κ1) is 19.1. The van der Waals surface area contributed by atoms with Gasteiger partial charge >= 0.3 is 5.97 Å². The molecule has 0 fully saturated rings. The summed E-state index contributed by atoms with van der Waals surface area (Å²) in [5.74, 6) is 0.138. The van der Waals surface area contributed by atoms with Gasteiger partial charge in [-0.25, -0.2) is 4.79 Å². The lowest BCUT2D eigenvalue weighted by molar-refractivity contribution is -0.138. The maximum Gasteiger partial charge on any atom is 0.350 e. The molecule has 2 aromatic carbocycles. The van der Waals surface area contributed by atoms with Crippen LogP contribution in [0.4, 0.5) is 5.69 Å². The third kappa shape index (κ3) is 6.33. The van der Waals surface area contributed by atoms with Crippen molar-refractivity contribution in [3.05, 3.63) is 71.9 Å². The Balaban J connectivity index is 1.78. The van der Waals surface area contributed by atoms with Crippen molar-refractivity contribution in [1.29, 1.82) is 5.26 Å². The molecule has 0 aliphatic rings. The molecule has 1 N–H and O–H groups in total. The Labute approximate surface area is 153 Å². The predicted octanol–water partition coefficient (Wildman–Crippen LogP) is 4.08. The lowest BCUT2D eigenvalue weighted by Gasteiger charge is -2.08. The fraction of sp³-hybridized carbons (Fsp3) is 0.238. The molecule has 0 amide bonds. The van der Waals surface area contributed by atoms with Gasteiger partial charge in [0.25, 0.3) is 0 Å². The van der Waals surface area contributed by atoms with Crippen LogP contribution in [0.1, 0.15) is 18.9 Å². The minimum atomic E-state index is -0.638. The van der Waals surface area contributed by atoms with Crippen molar-refractivity contribution in [3.63, 3.8) is 0 Å². The first-order valence-electron chi connectivity index (χ1n) is 8.53. The van der Waals surface area contributed by atoms with Crippen LogP contribution < -0.4 is 10.1 Å². The quantitative estimate of drug-likeness (QED) is 0.319. The van der Waals surface area contributed by atoms with Crippen LogP contribution in [-0.2, 0) is 16.0 Å². The highest BCUT2D eigenvalue weighted by Gasteiger charge is 2.09. The Hall–Kier alpha value is -3.26. The largest absolute Gasteiger partial charge is 0.494 e. The molecule has 0 aliphatic carbocycles. The number of aryl methyl sites for hydroxylation is 1. The first-order chi connectivity index (χ1) is 12.7. The van der Waals surface area contributed by atoms with Gasteiger partial charge in [0.2, 0.25) is 0 Å². The summed E-state index contributed by atoms with van der Waals surface area (Å²) in [5, 5.41) is 11.9. The van der Waals surface area contributed by atoms with Gasteiger partial charge in [-0.05, 0) is 49.6 Å². The number of nitriles is 1. The molecule has 0 aromatic heterocycles. The van der Waals surface area contributed by atoms with E-state index in [1.165, 1.54) is 11.8 Å². The summed E-state index contributed by atoms with van der Waals surface area (Å²) in [6.07, 6.45) is 3.27. The zero-order valence-electron chi connectivity index (χ0n) is 14.8. The molecular formula is C21H22N2O3. The van der Waals surface area contributed by atoms with E-state index in [9.17, 15) is 4.79 Å². The predicted molar refractivity (Wildman–Crippen MR) is 101 cm³/mol. The average molecular weight is 350 g/mol. The van der Waals surface area contributed by atoms with Crippen LogP contribution >= 0.6 is 0 Å². The summed E-state index contributed by atoms with van der Waals surface area (Å²) in [5.41, 5.74) is 1.98. The van der Waals surface area contributed by atoms with E-state index in [0.29, 0.717) is 6.61 Å². The zero-order chi connectivity index (χ0) is 18.6. The monoisotopic (exact) mass is 350 g/mol. The van der Waals surface area contributed by atoms with Crippen LogP contribution in [0.3, 0.4) is 0 Å². The summed E-state index contributed by atoms with van der Waals surface area (Å²) in [7, 11) is 0. The normalized spacial score (nSPS) is 10.7. The Kier molecular flexibility index (Phi) is 7.75. The fourth-order valence-corrected chi connectivity index (χ4v) is 2.26. The maximum atomic E-state index is 11.5. The molecule has 26 heavy (non-hydrogen) atoms. The second-order valence-electron chi connectivity index (χ2n) is 5.50. The van der Waals surface area contributed by atoms with Crippen LogP contribution in [0, 0.1) is 11.3 Å². The van der Waals surface area contributed by atoms with Crippen molar-refractivity contribution >= 4 is 11.7 Å². The van der Waals surface area contributed by atoms with Gasteiger partial charge in [-0.3, -0.25) is 0 Å². The summed E-state index contributed by atoms with van der Waals surface area (Å²) in [6, 6.07) is 19.5. The van der Waals surface area contributed by atoms with E-state index >= 15 is 0 Å². The van der Waals surface area contributed by atoms with Gasteiger partial charge in [-0.2, -0.15) is 5.26 Å². The van der Waals surface area contributed by atoms with Crippen molar-refractivity contribution in [1.82, 2.24) is 0 Å². The smallest absolute Gasteiger partial charge is 0.350 e. The molecule has 0 radical (unpaired) electrons. The highest BCUT2D eigenvalue weighted by Crippen LogP contribution is 2.16. The molecule has 0 heterocycles. The summed E-state index contributed by atoms with van der Waals surface area (Å²) in [4.78, 5) is 11.5. The Morgan fingerprint density at radius 3 is 2.54 bits per heavy atom. The molecule has 0 atom stereocenters. The van der Waals surface area contributed by atoms with Crippen LogP contribution in [0.5, 0.6) is 5.75 Å². The van der Waals surface area contributed by atoms with Gasteiger partial charge in [0.15, 0.2) is 5.57 Å². The van der Waals surface area contributed by atoms with E-state index in [4.69, 9.17) is 14.7 Å². The molecule has 0 bridgehead atoms. The van der Waals surface area contributed by atoms with Gasteiger partial charge in [0.1, 0.15) is 11.8 Å². The Morgan fingerprint density at radius 1 is 1.15 bits per heavy atom. The van der Waals surface area contributed by atoms with Crippen LogP contribution in [0.25, 0.3) is 0 Å². The van der Waals surface area contributed by atoms with Crippen LogP contribution in [0.15, 0.2) is 66.4 Å². The van der Waals surface area contributed by atoms with Gasteiger partial charge in [-0.15, -0.1) is 0 Å². The van der Waals surface area contributed by atoms with Crippen LogP contribution in [0.2, 0.25) is 0 Å². The number of nitrogens with zero attached hydrogens (tertiary/aromatic N) is 1. The lowest BCUT2D eigenvalue weighted by atomic mass is 10.1. The van der Waals surface area contributed by atoms with Crippen molar-refractivity contribution in [3.8, 4) is 11.8 Å². The van der Waals surface area contributed by atoms with E-state index in [1.807, 2.05) is 48.5 Å². The van der Waals surface area contributed by atoms with Crippen LogP contribution in [-0.4, -0.2) is 19.2 Å². The van der Waals surface area contributed by atoms with E-state index in [-0.39, 0.29) is 12.2 Å². The minimum absolute atomic E-state index is 0.0758. The van der Waals surface area contributed by atoms with Gasteiger partial charge < -0.3 is 14.8 Å². The number of rotatable bonds is 9. The van der Waals surface area contributed by atoms with E-state index < -0.39 is 5.97 Å². The molecule has 0 saturated heterocycles. The maximum absolute atomic E-state index is 11.5. The topological polar surface area (TPSA) is 71.4 Å². The van der Waals surface area contributed by atoms with E-state index in [1.54, 1.807) is 6.92 Å². The number of ether oxygens (including phenoxy) is 2. The second-order valence-corrected chi connectivity index (χ2v) is 5.50. The number of anilines is 1. The summed E-state index contributed by atoms with van der Waals surface area (Å²) >= 11 is 0. The lowest BCUT2D eigenvalue weighted by Crippen LogP contribution is -2.07. The standard InChI is InChI=1S/C21H22N2O3/c1-2-25-21(24)18(15-22)16-23-19-10-12-20(13-11-19)26-14-6-9-17-7-4-3-5-8-17/h3-5,7-8,10-13,16,23H,2,6,9,14H2,1H3/b18-16+. The van der Waals surface area contributed by atoms with E-state index in [2.05, 4.69) is 17.4 Å². The fourth-order valence-electron chi connectivity index (χ4n) is 2.26. The number of hydrogen-bond donors (Lipinski definition) is 1. The number of nitrogens with one attached hydrogen (secondary N) is 1. The van der Waals surface area contributed by atoms with Gasteiger partial charge in [0, 0.05) is 11.9 Å². The number of carbonyl (C=O) groups excluding carboxylic acids is 1. The molecule has 0 aliphatic heterocycles. The SMILES string of the molecule is CCOC(=O)/C(C#N)=C/Nc1ccc(OCCCc2ccccc2)cc1. The minimum Gasteiger partial charge on any atom is -0.494 e. The van der Waals surface area contributed by atoms with Crippen molar-refractivity contribution in [2.75, 3.05) is 18.5 Å². The number of benzene rings is 2. The van der Waals surface area contributed by atoms with Gasteiger partial charge in [0.05, 0.1) is 13.2 Å². The highest BCUT2D eigenvalue weighted by atomic mass is 16.5. The van der Waals surface area contributed by atoms with Crippen molar-refractivity contribution in [2.24, 2.45) is 0 Å². The number of esters is 1. The number of carbonyl (C=O) groups is 1. The van der Waals surface area contributed by atoms with Crippen molar-refractivity contribution < 1.29 is 14.3 Å². The molecule has 5 heteroatoms. The Morgan fingerprint density at radius 2 is 1.88 bits per heavy atom. The van der Waals surface area contributed by atoms with E-state index in [0.717, 1.165) is 24.3 Å². The Bertz CT molecular complexity index is 762. The molecule has 2 rings (SSSR count). The highest BCUT2D eigenvalue weighted by molar-refractivity contribution is 5.93. The average Bonchev–Trinajstić information content (AvgIpc) is 2.68.